The minimum atomic E-state index is -0.841. The molecule has 30 heavy (non-hydrogen) atoms. The molecule has 3 aliphatic rings. The van der Waals surface area contributed by atoms with Crippen LogP contribution in [0.1, 0.15) is 65.7 Å². The van der Waals surface area contributed by atoms with E-state index in [1.807, 2.05) is 13.8 Å². The number of rotatable bonds is 5. The van der Waals surface area contributed by atoms with Crippen LogP contribution in [-0.4, -0.2) is 47.2 Å². The Morgan fingerprint density at radius 1 is 1.17 bits per heavy atom. The lowest BCUT2D eigenvalue weighted by Crippen LogP contribution is -2.56. The standard InChI is InChI=1S/C21H31NO5.CO2/c1-12(11-23)22-18(27)8-9-20(2)16(25)6-4-13-14-5-7-17(26)21(14,3)10-15(24)19(13)20;2-1-3/h12-14,19,23H,4-11H2,1-3H3,(H,22,27);/t12-,13+,14+,19-,20+,21+;/m1./s1. The fraction of sp³-hybridized carbons (Fsp3) is 0.773. The SMILES string of the molecule is C[C@H](CO)NC(=O)CC[C@@]1(C)C(=O)CC[C@@H]2[C@@H]1C(=O)C[C@]1(C)C(=O)CC[C@@H]21.O=C=O. The van der Waals surface area contributed by atoms with E-state index in [9.17, 15) is 19.2 Å². The molecule has 8 heteroatoms. The predicted octanol–water partition coefficient (Wildman–Crippen LogP) is 1.24. The van der Waals surface area contributed by atoms with Gasteiger partial charge in [0.2, 0.25) is 5.91 Å². The Hall–Kier alpha value is -2.18. The fourth-order valence-corrected chi connectivity index (χ4v) is 5.97. The Bertz CT molecular complexity index is 757. The lowest BCUT2D eigenvalue weighted by Gasteiger charge is -2.52. The zero-order valence-electron chi connectivity index (χ0n) is 17.9. The summed E-state index contributed by atoms with van der Waals surface area (Å²) in [7, 11) is 0. The van der Waals surface area contributed by atoms with E-state index in [1.165, 1.54) is 0 Å². The van der Waals surface area contributed by atoms with Gasteiger partial charge in [0.1, 0.15) is 17.3 Å². The number of carbonyl (C=O) groups is 4. The van der Waals surface area contributed by atoms with Crippen LogP contribution in [0.3, 0.4) is 0 Å². The van der Waals surface area contributed by atoms with E-state index in [0.717, 1.165) is 6.42 Å². The quantitative estimate of drug-likeness (QED) is 0.682. The molecule has 0 aromatic rings. The van der Waals surface area contributed by atoms with Crippen molar-refractivity contribution in [3.63, 3.8) is 0 Å². The number of aliphatic hydroxyl groups excluding tert-OH is 1. The topological polar surface area (TPSA) is 135 Å². The first-order valence-corrected chi connectivity index (χ1v) is 10.5. The van der Waals surface area contributed by atoms with Crippen molar-refractivity contribution in [2.75, 3.05) is 6.61 Å². The van der Waals surface area contributed by atoms with E-state index in [0.29, 0.717) is 25.7 Å². The number of hydrogen-bond donors (Lipinski definition) is 2. The third-order valence-electron chi connectivity index (χ3n) is 7.55. The van der Waals surface area contributed by atoms with E-state index in [-0.39, 0.29) is 72.7 Å². The highest BCUT2D eigenvalue weighted by atomic mass is 16.3. The number of amides is 1. The minimum absolute atomic E-state index is 0.0219. The highest BCUT2D eigenvalue weighted by Crippen LogP contribution is 2.60. The molecule has 3 rings (SSSR count). The monoisotopic (exact) mass is 421 g/mol. The van der Waals surface area contributed by atoms with Crippen LogP contribution in [0.4, 0.5) is 0 Å². The van der Waals surface area contributed by atoms with Crippen molar-refractivity contribution in [2.45, 2.75) is 71.8 Å². The van der Waals surface area contributed by atoms with Gasteiger partial charge in [-0.2, -0.15) is 9.59 Å². The molecule has 8 nitrogen and oxygen atoms in total. The molecule has 3 fully saturated rings. The first-order valence-electron chi connectivity index (χ1n) is 10.5. The summed E-state index contributed by atoms with van der Waals surface area (Å²) in [6.07, 6.45) is 3.40. The molecule has 0 unspecified atom stereocenters. The number of fused-ring (bicyclic) bond motifs is 3. The molecule has 0 spiro atoms. The van der Waals surface area contributed by atoms with Crippen LogP contribution in [0.25, 0.3) is 0 Å². The summed E-state index contributed by atoms with van der Waals surface area (Å²) in [5, 5.41) is 11.8. The molecule has 3 saturated carbocycles. The van der Waals surface area contributed by atoms with Crippen molar-refractivity contribution in [2.24, 2.45) is 28.6 Å². The van der Waals surface area contributed by atoms with Gasteiger partial charge in [-0.3, -0.25) is 19.2 Å². The van der Waals surface area contributed by atoms with E-state index in [2.05, 4.69) is 5.32 Å². The van der Waals surface area contributed by atoms with Gasteiger partial charge in [0.05, 0.1) is 6.61 Å². The average Bonchev–Trinajstić information content (AvgIpc) is 2.98. The van der Waals surface area contributed by atoms with Gasteiger partial charge in [0.25, 0.3) is 0 Å². The Morgan fingerprint density at radius 2 is 1.77 bits per heavy atom. The van der Waals surface area contributed by atoms with Gasteiger partial charge < -0.3 is 10.4 Å². The van der Waals surface area contributed by atoms with Crippen LogP contribution in [0.2, 0.25) is 0 Å². The molecule has 1 amide bonds. The molecular formula is C22H31NO7. The summed E-state index contributed by atoms with van der Waals surface area (Å²) in [6.45, 7) is 5.34. The smallest absolute Gasteiger partial charge is 0.373 e. The molecule has 0 saturated heterocycles. The predicted molar refractivity (Wildman–Crippen MR) is 104 cm³/mol. The minimum Gasteiger partial charge on any atom is -0.394 e. The largest absolute Gasteiger partial charge is 0.394 e. The van der Waals surface area contributed by atoms with Crippen molar-refractivity contribution >= 4 is 29.4 Å². The second-order valence-electron chi connectivity index (χ2n) is 9.38. The van der Waals surface area contributed by atoms with E-state index >= 15 is 0 Å². The molecule has 2 N–H and O–H groups in total. The first-order chi connectivity index (χ1) is 14.0. The van der Waals surface area contributed by atoms with Crippen LogP contribution in [0.5, 0.6) is 0 Å². The van der Waals surface area contributed by atoms with Gasteiger partial charge in [0.15, 0.2) is 0 Å². The summed E-state index contributed by atoms with van der Waals surface area (Å²) in [5.41, 5.74) is -1.40. The van der Waals surface area contributed by atoms with Crippen LogP contribution in [-0.2, 0) is 28.8 Å². The number of nitrogens with one attached hydrogen (secondary N) is 1. The normalized spacial score (nSPS) is 36.0. The molecule has 0 aromatic carbocycles. The first kappa shape index (κ1) is 24.1. The molecule has 0 aliphatic heterocycles. The van der Waals surface area contributed by atoms with Crippen LogP contribution in [0, 0.1) is 28.6 Å². The van der Waals surface area contributed by atoms with Gasteiger partial charge in [-0.1, -0.05) is 13.8 Å². The molecule has 0 bridgehead atoms. The Balaban J connectivity index is 0.00000101. The molecule has 0 aromatic heterocycles. The van der Waals surface area contributed by atoms with Crippen molar-refractivity contribution in [1.29, 1.82) is 0 Å². The highest BCUT2D eigenvalue weighted by Gasteiger charge is 2.62. The van der Waals surface area contributed by atoms with E-state index < -0.39 is 10.8 Å². The van der Waals surface area contributed by atoms with Crippen molar-refractivity contribution in [3.8, 4) is 0 Å². The molecule has 166 valence electrons. The Labute approximate surface area is 176 Å². The van der Waals surface area contributed by atoms with Crippen LogP contribution >= 0.6 is 0 Å². The average molecular weight is 421 g/mol. The third kappa shape index (κ3) is 4.30. The zero-order chi connectivity index (χ0) is 22.7. The molecular weight excluding hydrogens is 390 g/mol. The van der Waals surface area contributed by atoms with Gasteiger partial charge in [-0.15, -0.1) is 0 Å². The van der Waals surface area contributed by atoms with Crippen molar-refractivity contribution in [1.82, 2.24) is 5.32 Å². The summed E-state index contributed by atoms with van der Waals surface area (Å²) in [5.74, 6) is -0.0900. The van der Waals surface area contributed by atoms with E-state index in [1.54, 1.807) is 6.92 Å². The van der Waals surface area contributed by atoms with Crippen LogP contribution in [0.15, 0.2) is 0 Å². The third-order valence-corrected chi connectivity index (χ3v) is 7.55. The highest BCUT2D eigenvalue weighted by molar-refractivity contribution is 5.99. The second kappa shape index (κ2) is 9.31. The van der Waals surface area contributed by atoms with Gasteiger partial charge in [0, 0.05) is 48.5 Å². The molecule has 3 aliphatic carbocycles. The summed E-state index contributed by atoms with van der Waals surface area (Å²) in [4.78, 5) is 66.8. The Kier molecular flexibility index (Phi) is 7.48. The molecule has 6 atom stereocenters. The summed E-state index contributed by atoms with van der Waals surface area (Å²) in [6, 6.07) is -0.332. The van der Waals surface area contributed by atoms with Gasteiger partial charge in [-0.05, 0) is 38.0 Å². The molecule has 0 heterocycles. The lowest BCUT2D eigenvalue weighted by atomic mass is 9.48. The number of hydrogen-bond acceptors (Lipinski definition) is 7. The number of aliphatic hydroxyl groups is 1. The second-order valence-corrected chi connectivity index (χ2v) is 9.38. The van der Waals surface area contributed by atoms with Gasteiger partial charge in [-0.25, -0.2) is 0 Å². The summed E-state index contributed by atoms with van der Waals surface area (Å²) >= 11 is 0. The number of carbonyl (C=O) groups excluding carboxylic acids is 6. The van der Waals surface area contributed by atoms with Crippen molar-refractivity contribution < 1.29 is 33.9 Å². The lowest BCUT2D eigenvalue weighted by molar-refractivity contribution is -0.191. The van der Waals surface area contributed by atoms with Crippen LogP contribution < -0.4 is 5.32 Å². The van der Waals surface area contributed by atoms with E-state index in [4.69, 9.17) is 14.7 Å². The Morgan fingerprint density at radius 3 is 2.37 bits per heavy atom. The van der Waals surface area contributed by atoms with Gasteiger partial charge >= 0.3 is 6.15 Å². The maximum absolute atomic E-state index is 13.1. The number of Topliss-reactive ketones (excluding diaryl/α,β-unsaturated/α-hetero) is 3. The summed E-state index contributed by atoms with van der Waals surface area (Å²) < 4.78 is 0. The van der Waals surface area contributed by atoms with Crippen molar-refractivity contribution in [3.05, 3.63) is 0 Å². The maximum Gasteiger partial charge on any atom is 0.373 e. The fourth-order valence-electron chi connectivity index (χ4n) is 5.97. The number of ketones is 3. The zero-order valence-corrected chi connectivity index (χ0v) is 17.9. The maximum atomic E-state index is 13.1. The molecule has 0 radical (unpaired) electrons.